The van der Waals surface area contributed by atoms with Crippen molar-refractivity contribution in [3.8, 4) is 0 Å². The Kier molecular flexibility index (Phi) is 7.00. The molecule has 0 unspecified atom stereocenters. The SMILES string of the molecule is CCn1c(Cc2ccccc2)nnc1SCC(=O)N(Cc1ccco1)[C@@H]1CCS(=O)(=O)C1. The zero-order valence-corrected chi connectivity index (χ0v) is 19.5. The summed E-state index contributed by atoms with van der Waals surface area (Å²) in [5, 5.41) is 9.32. The van der Waals surface area contributed by atoms with Crippen LogP contribution in [0, 0.1) is 0 Å². The van der Waals surface area contributed by atoms with Gasteiger partial charge in [-0.2, -0.15) is 0 Å². The third-order valence-corrected chi connectivity index (χ3v) is 8.22. The van der Waals surface area contributed by atoms with Crippen LogP contribution < -0.4 is 0 Å². The number of benzene rings is 1. The van der Waals surface area contributed by atoms with Gasteiger partial charge in [0.05, 0.1) is 30.1 Å². The largest absolute Gasteiger partial charge is 0.467 e. The summed E-state index contributed by atoms with van der Waals surface area (Å²) in [6.07, 6.45) is 2.67. The highest BCUT2D eigenvalue weighted by molar-refractivity contribution is 7.99. The molecule has 1 amide bonds. The van der Waals surface area contributed by atoms with E-state index in [2.05, 4.69) is 10.2 Å². The topological polar surface area (TPSA) is 98.3 Å². The Labute approximate surface area is 191 Å². The van der Waals surface area contributed by atoms with E-state index in [1.807, 2.05) is 41.8 Å². The summed E-state index contributed by atoms with van der Waals surface area (Å²) in [7, 11) is -3.11. The van der Waals surface area contributed by atoms with Crippen LogP contribution in [-0.2, 0) is 34.1 Å². The standard InChI is InChI=1S/C22H26N4O4S2/c1-2-25-20(13-17-7-4-3-5-8-17)23-24-22(25)31-15-21(27)26(14-19-9-6-11-30-19)18-10-12-32(28,29)16-18/h3-9,11,18H,2,10,12-16H2,1H3/t18-/m1/s1. The molecule has 0 N–H and O–H groups in total. The molecule has 170 valence electrons. The Morgan fingerprint density at radius 2 is 2.03 bits per heavy atom. The second-order valence-electron chi connectivity index (χ2n) is 7.75. The Balaban J connectivity index is 1.45. The van der Waals surface area contributed by atoms with Crippen molar-refractivity contribution in [1.82, 2.24) is 19.7 Å². The third-order valence-electron chi connectivity index (χ3n) is 5.52. The minimum Gasteiger partial charge on any atom is -0.467 e. The molecular weight excluding hydrogens is 448 g/mol. The maximum absolute atomic E-state index is 13.1. The monoisotopic (exact) mass is 474 g/mol. The van der Waals surface area contributed by atoms with Crippen molar-refractivity contribution in [2.75, 3.05) is 17.3 Å². The normalized spacial score (nSPS) is 17.5. The maximum Gasteiger partial charge on any atom is 0.233 e. The molecule has 1 aliphatic heterocycles. The Morgan fingerprint density at radius 1 is 1.22 bits per heavy atom. The van der Waals surface area contributed by atoms with Crippen LogP contribution in [0.4, 0.5) is 0 Å². The molecule has 2 aromatic heterocycles. The average Bonchev–Trinajstić information content (AvgIpc) is 3.51. The van der Waals surface area contributed by atoms with E-state index in [0.29, 0.717) is 30.3 Å². The fraction of sp³-hybridized carbons (Fsp3) is 0.409. The van der Waals surface area contributed by atoms with Crippen LogP contribution in [0.15, 0.2) is 58.3 Å². The predicted octanol–water partition coefficient (Wildman–Crippen LogP) is 2.79. The molecule has 1 fully saturated rings. The number of nitrogens with zero attached hydrogens (tertiary/aromatic N) is 4. The van der Waals surface area contributed by atoms with Crippen molar-refractivity contribution in [2.45, 2.75) is 44.1 Å². The molecule has 0 spiro atoms. The Bertz CT molecular complexity index is 1140. The highest BCUT2D eigenvalue weighted by atomic mass is 32.2. The highest BCUT2D eigenvalue weighted by Crippen LogP contribution is 2.24. The number of rotatable bonds is 9. The first-order valence-corrected chi connectivity index (χ1v) is 13.4. The molecule has 1 aliphatic rings. The minimum absolute atomic E-state index is 0.00349. The molecule has 1 atom stereocenters. The van der Waals surface area contributed by atoms with Crippen LogP contribution in [0.2, 0.25) is 0 Å². The van der Waals surface area contributed by atoms with Gasteiger partial charge < -0.3 is 13.9 Å². The maximum atomic E-state index is 13.1. The van der Waals surface area contributed by atoms with E-state index in [4.69, 9.17) is 4.42 Å². The van der Waals surface area contributed by atoms with Gasteiger partial charge in [0.25, 0.3) is 0 Å². The average molecular weight is 475 g/mol. The number of sulfone groups is 1. The summed E-state index contributed by atoms with van der Waals surface area (Å²) >= 11 is 1.33. The summed E-state index contributed by atoms with van der Waals surface area (Å²) in [5.41, 5.74) is 1.15. The highest BCUT2D eigenvalue weighted by Gasteiger charge is 2.35. The molecule has 0 saturated carbocycles. The molecule has 32 heavy (non-hydrogen) atoms. The van der Waals surface area contributed by atoms with Gasteiger partial charge in [-0.15, -0.1) is 10.2 Å². The first-order chi connectivity index (χ1) is 15.4. The lowest BCUT2D eigenvalue weighted by molar-refractivity contribution is -0.131. The first kappa shape index (κ1) is 22.6. The third kappa shape index (κ3) is 5.42. The summed E-state index contributed by atoms with van der Waals surface area (Å²) < 4.78 is 31.4. The number of furan rings is 1. The van der Waals surface area contributed by atoms with Crippen molar-refractivity contribution in [3.63, 3.8) is 0 Å². The lowest BCUT2D eigenvalue weighted by atomic mass is 10.1. The van der Waals surface area contributed by atoms with Crippen LogP contribution in [0.25, 0.3) is 0 Å². The fourth-order valence-corrected chi connectivity index (χ4v) is 6.51. The van der Waals surface area contributed by atoms with Crippen LogP contribution in [0.1, 0.15) is 30.5 Å². The smallest absolute Gasteiger partial charge is 0.233 e. The van der Waals surface area contributed by atoms with E-state index >= 15 is 0 Å². The van der Waals surface area contributed by atoms with Gasteiger partial charge in [0, 0.05) is 19.0 Å². The zero-order chi connectivity index (χ0) is 22.6. The number of thioether (sulfide) groups is 1. The second kappa shape index (κ2) is 9.91. The van der Waals surface area contributed by atoms with Crippen LogP contribution in [0.5, 0.6) is 0 Å². The predicted molar refractivity (Wildman–Crippen MR) is 122 cm³/mol. The van der Waals surface area contributed by atoms with E-state index in [0.717, 1.165) is 11.4 Å². The number of amides is 1. The van der Waals surface area contributed by atoms with Gasteiger partial charge in [-0.1, -0.05) is 42.1 Å². The van der Waals surface area contributed by atoms with Crippen molar-refractivity contribution in [1.29, 1.82) is 0 Å². The second-order valence-corrected chi connectivity index (χ2v) is 10.9. The van der Waals surface area contributed by atoms with Gasteiger partial charge in [0.15, 0.2) is 15.0 Å². The van der Waals surface area contributed by atoms with Gasteiger partial charge in [-0.25, -0.2) is 8.42 Å². The van der Waals surface area contributed by atoms with Crippen LogP contribution >= 0.6 is 11.8 Å². The molecule has 8 nitrogen and oxygen atoms in total. The van der Waals surface area contributed by atoms with E-state index in [9.17, 15) is 13.2 Å². The lowest BCUT2D eigenvalue weighted by Crippen LogP contribution is -2.41. The van der Waals surface area contributed by atoms with Gasteiger partial charge in [0.2, 0.25) is 5.91 Å². The molecule has 1 saturated heterocycles. The van der Waals surface area contributed by atoms with Gasteiger partial charge >= 0.3 is 0 Å². The number of carbonyl (C=O) groups is 1. The molecule has 4 rings (SSSR count). The molecule has 1 aromatic carbocycles. The zero-order valence-electron chi connectivity index (χ0n) is 17.9. The number of hydrogen-bond acceptors (Lipinski definition) is 7. The van der Waals surface area contributed by atoms with Crippen LogP contribution in [-0.4, -0.2) is 57.3 Å². The van der Waals surface area contributed by atoms with Crippen LogP contribution in [0.3, 0.4) is 0 Å². The number of carbonyl (C=O) groups excluding carboxylic acids is 1. The van der Waals surface area contributed by atoms with Crippen molar-refractivity contribution < 1.29 is 17.6 Å². The Morgan fingerprint density at radius 3 is 2.69 bits per heavy atom. The van der Waals surface area contributed by atoms with E-state index < -0.39 is 9.84 Å². The lowest BCUT2D eigenvalue weighted by Gasteiger charge is -2.27. The molecule has 0 aliphatic carbocycles. The van der Waals surface area contributed by atoms with E-state index in [1.165, 1.54) is 11.8 Å². The van der Waals surface area contributed by atoms with Crippen molar-refractivity contribution in [3.05, 3.63) is 65.9 Å². The summed E-state index contributed by atoms with van der Waals surface area (Å²) in [6.45, 7) is 2.98. The minimum atomic E-state index is -3.11. The van der Waals surface area contributed by atoms with Gasteiger partial charge in [-0.05, 0) is 31.0 Å². The molecule has 10 heteroatoms. The molecule has 3 aromatic rings. The fourth-order valence-electron chi connectivity index (χ4n) is 3.87. The number of hydrogen-bond donors (Lipinski definition) is 0. The van der Waals surface area contributed by atoms with Gasteiger partial charge in [-0.3, -0.25) is 4.79 Å². The first-order valence-electron chi connectivity index (χ1n) is 10.6. The Hall–Kier alpha value is -2.59. The van der Waals surface area contributed by atoms with Gasteiger partial charge in [0.1, 0.15) is 11.6 Å². The summed E-state index contributed by atoms with van der Waals surface area (Å²) in [4.78, 5) is 14.8. The van der Waals surface area contributed by atoms with Crippen molar-refractivity contribution >= 4 is 27.5 Å². The quantitative estimate of drug-likeness (QED) is 0.440. The molecule has 0 radical (unpaired) electrons. The van der Waals surface area contributed by atoms with E-state index in [1.54, 1.807) is 23.3 Å². The van der Waals surface area contributed by atoms with Crippen molar-refractivity contribution in [2.24, 2.45) is 0 Å². The van der Waals surface area contributed by atoms with E-state index in [-0.39, 0.29) is 35.8 Å². The summed E-state index contributed by atoms with van der Waals surface area (Å²) in [5.74, 6) is 1.61. The molecule has 3 heterocycles. The number of aromatic nitrogens is 3. The molecular formula is C22H26N4O4S2. The summed E-state index contributed by atoms with van der Waals surface area (Å²) in [6, 6.07) is 13.3. The molecule has 0 bridgehead atoms.